The first kappa shape index (κ1) is 20.1. The molecule has 0 aliphatic rings. The van der Waals surface area contributed by atoms with Crippen molar-refractivity contribution in [2.75, 3.05) is 12.5 Å². The summed E-state index contributed by atoms with van der Waals surface area (Å²) in [5.74, 6) is 1.59. The van der Waals surface area contributed by atoms with Crippen LogP contribution in [-0.2, 0) is 12.8 Å². The lowest BCUT2D eigenvalue weighted by Gasteiger charge is -2.10. The van der Waals surface area contributed by atoms with Crippen molar-refractivity contribution >= 4 is 28.1 Å². The van der Waals surface area contributed by atoms with Gasteiger partial charge in [0.05, 0.1) is 12.1 Å². The Morgan fingerprint density at radius 3 is 2.47 bits per heavy atom. The second-order valence-electron chi connectivity index (χ2n) is 7.13. The highest BCUT2D eigenvalue weighted by Gasteiger charge is 2.07. The molecule has 0 saturated heterocycles. The molecule has 0 atom stereocenters. The lowest BCUT2D eigenvalue weighted by molar-refractivity contribution is 0.342. The molecule has 152 valence electrons. The number of phenols is 1. The molecule has 3 aromatic carbocycles. The third-order valence-corrected chi connectivity index (χ3v) is 5.16. The van der Waals surface area contributed by atoms with Gasteiger partial charge in [-0.05, 0) is 77.6 Å². The number of aromatic hydroxyl groups is 1. The summed E-state index contributed by atoms with van der Waals surface area (Å²) in [5, 5.41) is 10.7. The van der Waals surface area contributed by atoms with Gasteiger partial charge in [0, 0.05) is 5.39 Å². The maximum absolute atomic E-state index is 9.59. The monoisotopic (exact) mass is 418 g/mol. The van der Waals surface area contributed by atoms with E-state index in [9.17, 15) is 5.11 Å². The average molecular weight is 419 g/mol. The van der Waals surface area contributed by atoms with E-state index in [1.165, 1.54) is 16.7 Å². The third kappa shape index (κ3) is 5.05. The second-order valence-corrected chi connectivity index (χ2v) is 7.51. The SMILES string of the molecule is Oc1ccc(CC(=CCc2ccc(OCCCl)cc2)c2ccc3occc3c2)cc1. The van der Waals surface area contributed by atoms with Crippen LogP contribution in [0.15, 0.2) is 89.6 Å². The molecule has 0 bridgehead atoms. The predicted octanol–water partition coefficient (Wildman–Crippen LogP) is 6.62. The number of hydrogen-bond donors (Lipinski definition) is 1. The highest BCUT2D eigenvalue weighted by molar-refractivity contribution is 6.18. The van der Waals surface area contributed by atoms with Crippen molar-refractivity contribution in [1.82, 2.24) is 0 Å². The van der Waals surface area contributed by atoms with Crippen LogP contribution in [0.3, 0.4) is 0 Å². The minimum absolute atomic E-state index is 0.278. The number of rotatable bonds is 8. The lowest BCUT2D eigenvalue weighted by Crippen LogP contribution is -1.98. The summed E-state index contributed by atoms with van der Waals surface area (Å²) in [5.41, 5.74) is 5.64. The van der Waals surface area contributed by atoms with Gasteiger partial charge in [0.2, 0.25) is 0 Å². The third-order valence-electron chi connectivity index (χ3n) is 5.01. The van der Waals surface area contributed by atoms with Gasteiger partial charge in [0.15, 0.2) is 0 Å². The molecule has 0 aliphatic carbocycles. The molecule has 1 aromatic heterocycles. The Labute approximate surface area is 181 Å². The number of furan rings is 1. The van der Waals surface area contributed by atoms with Crippen LogP contribution in [-0.4, -0.2) is 17.6 Å². The van der Waals surface area contributed by atoms with Crippen molar-refractivity contribution in [1.29, 1.82) is 0 Å². The Balaban J connectivity index is 1.59. The number of hydrogen-bond acceptors (Lipinski definition) is 3. The average Bonchev–Trinajstić information content (AvgIpc) is 3.25. The Morgan fingerprint density at radius 1 is 0.933 bits per heavy atom. The highest BCUT2D eigenvalue weighted by Crippen LogP contribution is 2.26. The fourth-order valence-corrected chi connectivity index (χ4v) is 3.49. The van der Waals surface area contributed by atoms with E-state index in [1.807, 2.05) is 36.4 Å². The summed E-state index contributed by atoms with van der Waals surface area (Å²) in [6.45, 7) is 0.508. The number of benzene rings is 3. The maximum Gasteiger partial charge on any atom is 0.133 e. The number of phenolic OH excluding ortho intramolecular Hbond substituents is 1. The smallest absolute Gasteiger partial charge is 0.133 e. The minimum atomic E-state index is 0.278. The van der Waals surface area contributed by atoms with E-state index in [0.717, 1.165) is 35.1 Å². The maximum atomic E-state index is 9.59. The van der Waals surface area contributed by atoms with E-state index in [0.29, 0.717) is 12.5 Å². The highest BCUT2D eigenvalue weighted by atomic mass is 35.5. The van der Waals surface area contributed by atoms with Gasteiger partial charge in [-0.3, -0.25) is 0 Å². The Hall–Kier alpha value is -3.17. The first-order valence-electron chi connectivity index (χ1n) is 9.93. The molecule has 0 fully saturated rings. The molecule has 0 radical (unpaired) electrons. The molecule has 4 aromatic rings. The van der Waals surface area contributed by atoms with Crippen molar-refractivity contribution in [2.45, 2.75) is 12.8 Å². The van der Waals surface area contributed by atoms with Gasteiger partial charge < -0.3 is 14.3 Å². The molecule has 1 heterocycles. The van der Waals surface area contributed by atoms with E-state index in [1.54, 1.807) is 18.4 Å². The van der Waals surface area contributed by atoms with Gasteiger partial charge in [-0.25, -0.2) is 0 Å². The number of fused-ring (bicyclic) bond motifs is 1. The molecular formula is C26H23ClO3. The van der Waals surface area contributed by atoms with Gasteiger partial charge in [-0.1, -0.05) is 36.4 Å². The summed E-state index contributed by atoms with van der Waals surface area (Å²) >= 11 is 5.68. The molecule has 0 aliphatic heterocycles. The second kappa shape index (κ2) is 9.55. The number of allylic oxidation sites excluding steroid dienone is 2. The number of halogens is 1. The van der Waals surface area contributed by atoms with Gasteiger partial charge >= 0.3 is 0 Å². The summed E-state index contributed by atoms with van der Waals surface area (Å²) < 4.78 is 11.0. The van der Waals surface area contributed by atoms with Crippen molar-refractivity contribution in [3.63, 3.8) is 0 Å². The van der Waals surface area contributed by atoms with Gasteiger partial charge in [-0.15, -0.1) is 11.6 Å². The van der Waals surface area contributed by atoms with Gasteiger partial charge in [-0.2, -0.15) is 0 Å². The summed E-state index contributed by atoms with van der Waals surface area (Å²) in [7, 11) is 0. The molecular weight excluding hydrogens is 396 g/mol. The Morgan fingerprint density at radius 2 is 1.70 bits per heavy atom. The van der Waals surface area contributed by atoms with E-state index in [-0.39, 0.29) is 5.75 Å². The van der Waals surface area contributed by atoms with Crippen molar-refractivity contribution in [3.05, 3.63) is 102 Å². The van der Waals surface area contributed by atoms with Crippen LogP contribution in [0.4, 0.5) is 0 Å². The van der Waals surface area contributed by atoms with E-state index in [4.69, 9.17) is 20.8 Å². The van der Waals surface area contributed by atoms with Crippen LogP contribution in [0.5, 0.6) is 11.5 Å². The first-order valence-corrected chi connectivity index (χ1v) is 10.5. The number of alkyl halides is 1. The zero-order chi connectivity index (χ0) is 20.8. The zero-order valence-electron chi connectivity index (χ0n) is 16.6. The fraction of sp³-hybridized carbons (Fsp3) is 0.154. The van der Waals surface area contributed by atoms with E-state index < -0.39 is 0 Å². The normalized spacial score (nSPS) is 11.7. The standard InChI is InChI=1S/C26H23ClO3/c27-14-16-29-25-10-4-19(5-11-25)1-6-21(17-20-2-8-24(28)9-3-20)22-7-12-26-23(18-22)13-15-30-26/h2-13,15,18,28H,1,14,16-17H2. The Kier molecular flexibility index (Phi) is 6.41. The lowest BCUT2D eigenvalue weighted by atomic mass is 9.95. The molecule has 3 nitrogen and oxygen atoms in total. The van der Waals surface area contributed by atoms with Crippen LogP contribution in [0.1, 0.15) is 16.7 Å². The van der Waals surface area contributed by atoms with Crippen LogP contribution in [0.2, 0.25) is 0 Å². The minimum Gasteiger partial charge on any atom is -0.508 e. The van der Waals surface area contributed by atoms with Crippen LogP contribution < -0.4 is 4.74 Å². The summed E-state index contributed by atoms with van der Waals surface area (Å²) in [6.07, 6.45) is 5.57. The quantitative estimate of drug-likeness (QED) is 0.327. The predicted molar refractivity (Wildman–Crippen MR) is 122 cm³/mol. The topological polar surface area (TPSA) is 42.6 Å². The van der Waals surface area contributed by atoms with Crippen molar-refractivity contribution in [2.24, 2.45) is 0 Å². The Bertz CT molecular complexity index is 1130. The summed E-state index contributed by atoms with van der Waals surface area (Å²) in [4.78, 5) is 0. The first-order chi connectivity index (χ1) is 14.7. The molecule has 4 heteroatoms. The summed E-state index contributed by atoms with van der Waals surface area (Å²) in [6, 6.07) is 23.8. The largest absolute Gasteiger partial charge is 0.508 e. The van der Waals surface area contributed by atoms with Crippen LogP contribution >= 0.6 is 11.6 Å². The molecule has 1 N–H and O–H groups in total. The van der Waals surface area contributed by atoms with E-state index >= 15 is 0 Å². The van der Waals surface area contributed by atoms with Crippen LogP contribution in [0, 0.1) is 0 Å². The van der Waals surface area contributed by atoms with Crippen LogP contribution in [0.25, 0.3) is 16.5 Å². The molecule has 0 amide bonds. The molecule has 30 heavy (non-hydrogen) atoms. The van der Waals surface area contributed by atoms with Crippen molar-refractivity contribution in [3.8, 4) is 11.5 Å². The molecule has 0 spiro atoms. The molecule has 0 saturated carbocycles. The number of ether oxygens (including phenoxy) is 1. The van der Waals surface area contributed by atoms with Crippen molar-refractivity contribution < 1.29 is 14.3 Å². The fourth-order valence-electron chi connectivity index (χ4n) is 3.41. The molecule has 4 rings (SSSR count). The zero-order valence-corrected chi connectivity index (χ0v) is 17.3. The van der Waals surface area contributed by atoms with E-state index in [2.05, 4.69) is 30.3 Å². The van der Waals surface area contributed by atoms with Gasteiger partial charge in [0.1, 0.15) is 23.7 Å². The molecule has 0 unspecified atom stereocenters. The van der Waals surface area contributed by atoms with Gasteiger partial charge in [0.25, 0.3) is 0 Å².